The quantitative estimate of drug-likeness (QED) is 0.876. The van der Waals surface area contributed by atoms with Crippen LogP contribution in [-0.2, 0) is 11.3 Å². The van der Waals surface area contributed by atoms with E-state index >= 15 is 0 Å². The number of likely N-dealkylation sites (N-methyl/N-ethyl adjacent to an activating group) is 1. The zero-order chi connectivity index (χ0) is 18.5. The van der Waals surface area contributed by atoms with E-state index in [0.29, 0.717) is 16.6 Å². The highest BCUT2D eigenvalue weighted by molar-refractivity contribution is 7.12. The first-order chi connectivity index (χ1) is 12.5. The molecule has 0 bridgehead atoms. The molecule has 1 saturated heterocycles. The number of rotatable bonds is 5. The summed E-state index contributed by atoms with van der Waals surface area (Å²) >= 11 is 1.39. The van der Waals surface area contributed by atoms with Crippen molar-refractivity contribution in [3.8, 4) is 0 Å². The highest BCUT2D eigenvalue weighted by atomic mass is 32.1. The van der Waals surface area contributed by atoms with Gasteiger partial charge < -0.3 is 10.2 Å². The minimum atomic E-state index is -0.156. The standard InChI is InChI=1S/C20H25N3O2S/c1-15(24)21-18-10-12-26-19(18)20(25)23-11-6-9-17(14-23)22(2)13-16-7-4-3-5-8-16/h3-5,7-8,10,12,17H,6,9,11,13-14H2,1-2H3,(H,21,24). The predicted octanol–water partition coefficient (Wildman–Crippen LogP) is 3.44. The second-order valence-corrected chi connectivity index (χ2v) is 7.71. The smallest absolute Gasteiger partial charge is 0.266 e. The van der Waals surface area contributed by atoms with E-state index in [4.69, 9.17) is 0 Å². The molecule has 5 nitrogen and oxygen atoms in total. The number of thiophene rings is 1. The molecule has 1 aromatic heterocycles. The number of nitrogens with one attached hydrogen (secondary N) is 1. The van der Waals surface area contributed by atoms with E-state index in [2.05, 4.69) is 41.5 Å². The maximum atomic E-state index is 13.0. The van der Waals surface area contributed by atoms with Crippen LogP contribution in [0.3, 0.4) is 0 Å². The molecule has 1 fully saturated rings. The molecule has 3 rings (SSSR count). The average molecular weight is 372 g/mol. The molecule has 1 aliphatic heterocycles. The Morgan fingerprint density at radius 1 is 1.27 bits per heavy atom. The molecule has 2 heterocycles. The molecule has 0 radical (unpaired) electrons. The average Bonchev–Trinajstić information content (AvgIpc) is 3.09. The minimum absolute atomic E-state index is 0.0153. The van der Waals surface area contributed by atoms with E-state index in [-0.39, 0.29) is 11.8 Å². The van der Waals surface area contributed by atoms with Gasteiger partial charge in [0, 0.05) is 32.6 Å². The molecule has 1 unspecified atom stereocenters. The first-order valence-corrected chi connectivity index (χ1v) is 9.81. The molecule has 2 aromatic rings. The topological polar surface area (TPSA) is 52.7 Å². The van der Waals surface area contributed by atoms with Crippen molar-refractivity contribution < 1.29 is 9.59 Å². The Morgan fingerprint density at radius 3 is 2.77 bits per heavy atom. The van der Waals surface area contributed by atoms with Gasteiger partial charge in [0.2, 0.25) is 5.91 Å². The zero-order valence-electron chi connectivity index (χ0n) is 15.3. The highest BCUT2D eigenvalue weighted by Crippen LogP contribution is 2.26. The summed E-state index contributed by atoms with van der Waals surface area (Å²) in [4.78, 5) is 29.2. The maximum absolute atomic E-state index is 13.0. The lowest BCUT2D eigenvalue weighted by molar-refractivity contribution is -0.114. The predicted molar refractivity (Wildman–Crippen MR) is 105 cm³/mol. The molecular formula is C20H25N3O2S. The van der Waals surface area contributed by atoms with Crippen LogP contribution in [-0.4, -0.2) is 47.8 Å². The van der Waals surface area contributed by atoms with Gasteiger partial charge in [0.25, 0.3) is 5.91 Å². The number of piperidine rings is 1. The van der Waals surface area contributed by atoms with Gasteiger partial charge in [-0.1, -0.05) is 30.3 Å². The van der Waals surface area contributed by atoms with Gasteiger partial charge in [0.05, 0.1) is 5.69 Å². The molecule has 0 saturated carbocycles. The fourth-order valence-corrected chi connectivity index (χ4v) is 4.22. The van der Waals surface area contributed by atoms with E-state index in [1.807, 2.05) is 16.3 Å². The zero-order valence-corrected chi connectivity index (χ0v) is 16.1. The molecule has 0 spiro atoms. The second kappa shape index (κ2) is 8.47. The third-order valence-corrected chi connectivity index (χ3v) is 5.65. The Labute approximate surface area is 158 Å². The molecule has 2 amide bonds. The molecule has 1 N–H and O–H groups in total. The number of likely N-dealkylation sites (tertiary alicyclic amines) is 1. The van der Waals surface area contributed by atoms with Gasteiger partial charge in [0.1, 0.15) is 4.88 Å². The van der Waals surface area contributed by atoms with E-state index in [1.165, 1.54) is 23.8 Å². The van der Waals surface area contributed by atoms with Crippen molar-refractivity contribution in [3.63, 3.8) is 0 Å². The lowest BCUT2D eigenvalue weighted by Crippen LogP contribution is -2.48. The first-order valence-electron chi connectivity index (χ1n) is 8.93. The first kappa shape index (κ1) is 18.6. The van der Waals surface area contributed by atoms with Gasteiger partial charge in [-0.2, -0.15) is 0 Å². The van der Waals surface area contributed by atoms with Gasteiger partial charge in [0.15, 0.2) is 0 Å². The fourth-order valence-electron chi connectivity index (χ4n) is 3.41. The Balaban J connectivity index is 1.65. The Kier molecular flexibility index (Phi) is 6.06. The molecule has 1 atom stereocenters. The van der Waals surface area contributed by atoms with Gasteiger partial charge in [-0.05, 0) is 36.9 Å². The van der Waals surface area contributed by atoms with Gasteiger partial charge in [-0.25, -0.2) is 0 Å². The molecule has 1 aromatic carbocycles. The summed E-state index contributed by atoms with van der Waals surface area (Å²) in [5.74, 6) is -0.141. The van der Waals surface area contributed by atoms with Crippen LogP contribution in [0, 0.1) is 0 Å². The summed E-state index contributed by atoms with van der Waals surface area (Å²) in [7, 11) is 2.12. The normalized spacial score (nSPS) is 17.3. The molecule has 1 aliphatic rings. The summed E-state index contributed by atoms with van der Waals surface area (Å²) in [6.45, 7) is 3.83. The van der Waals surface area contributed by atoms with Gasteiger partial charge in [-0.3, -0.25) is 14.5 Å². The lowest BCUT2D eigenvalue weighted by Gasteiger charge is -2.37. The van der Waals surface area contributed by atoms with E-state index in [0.717, 1.165) is 32.5 Å². The van der Waals surface area contributed by atoms with Gasteiger partial charge >= 0.3 is 0 Å². The van der Waals surface area contributed by atoms with Crippen LogP contribution in [0.5, 0.6) is 0 Å². The van der Waals surface area contributed by atoms with Crippen molar-refractivity contribution in [3.05, 3.63) is 52.2 Å². The summed E-state index contributed by atoms with van der Waals surface area (Å²) in [5.41, 5.74) is 1.90. The van der Waals surface area contributed by atoms with Crippen LogP contribution in [0.1, 0.15) is 35.0 Å². The van der Waals surface area contributed by atoms with Crippen molar-refractivity contribution in [2.45, 2.75) is 32.4 Å². The SMILES string of the molecule is CC(=O)Nc1ccsc1C(=O)N1CCCC(N(C)Cc2ccccc2)C1. The molecule has 26 heavy (non-hydrogen) atoms. The number of hydrogen-bond acceptors (Lipinski definition) is 4. The molecule has 0 aliphatic carbocycles. The summed E-state index contributed by atoms with van der Waals surface area (Å²) in [6.07, 6.45) is 2.09. The Morgan fingerprint density at radius 2 is 2.04 bits per heavy atom. The summed E-state index contributed by atoms with van der Waals surface area (Å²) < 4.78 is 0. The number of amides is 2. The van der Waals surface area contributed by atoms with Crippen LogP contribution >= 0.6 is 11.3 Å². The van der Waals surface area contributed by atoms with Crippen LogP contribution in [0.25, 0.3) is 0 Å². The maximum Gasteiger partial charge on any atom is 0.266 e. The van der Waals surface area contributed by atoms with Crippen molar-refractivity contribution in [2.24, 2.45) is 0 Å². The number of carbonyl (C=O) groups excluding carboxylic acids is 2. The third-order valence-electron chi connectivity index (χ3n) is 4.75. The number of carbonyl (C=O) groups is 2. The van der Waals surface area contributed by atoms with E-state index in [1.54, 1.807) is 6.07 Å². The number of nitrogens with zero attached hydrogens (tertiary/aromatic N) is 2. The van der Waals surface area contributed by atoms with Crippen LogP contribution in [0.4, 0.5) is 5.69 Å². The number of anilines is 1. The molecule has 6 heteroatoms. The fraction of sp³-hybridized carbons (Fsp3) is 0.400. The molecular weight excluding hydrogens is 346 g/mol. The third kappa shape index (κ3) is 4.51. The number of benzene rings is 1. The van der Waals surface area contributed by atoms with Gasteiger partial charge in [-0.15, -0.1) is 11.3 Å². The Hall–Kier alpha value is -2.18. The summed E-state index contributed by atoms with van der Waals surface area (Å²) in [6, 6.07) is 12.5. The van der Waals surface area contributed by atoms with Crippen molar-refractivity contribution in [1.82, 2.24) is 9.80 Å². The van der Waals surface area contributed by atoms with E-state index < -0.39 is 0 Å². The van der Waals surface area contributed by atoms with Crippen molar-refractivity contribution >= 4 is 28.8 Å². The van der Waals surface area contributed by atoms with Crippen LogP contribution in [0.15, 0.2) is 41.8 Å². The summed E-state index contributed by atoms with van der Waals surface area (Å²) in [5, 5.41) is 4.60. The Bertz CT molecular complexity index is 759. The van der Waals surface area contributed by atoms with Crippen LogP contribution < -0.4 is 5.32 Å². The minimum Gasteiger partial charge on any atom is -0.336 e. The molecule has 138 valence electrons. The van der Waals surface area contributed by atoms with E-state index in [9.17, 15) is 9.59 Å². The number of hydrogen-bond donors (Lipinski definition) is 1. The van der Waals surface area contributed by atoms with Crippen LogP contribution in [0.2, 0.25) is 0 Å². The van der Waals surface area contributed by atoms with Crippen molar-refractivity contribution in [1.29, 1.82) is 0 Å². The van der Waals surface area contributed by atoms with Crippen molar-refractivity contribution in [2.75, 3.05) is 25.5 Å². The largest absolute Gasteiger partial charge is 0.336 e. The lowest BCUT2D eigenvalue weighted by atomic mass is 10.0. The second-order valence-electron chi connectivity index (χ2n) is 6.79. The highest BCUT2D eigenvalue weighted by Gasteiger charge is 2.28. The monoisotopic (exact) mass is 371 g/mol.